The lowest BCUT2D eigenvalue weighted by Gasteiger charge is -2.45. The number of imide groups is 1. The average molecular weight is 501 g/mol. The Balaban J connectivity index is 1.57. The number of amides is 4. The Labute approximate surface area is 215 Å². The van der Waals surface area contributed by atoms with E-state index in [0.717, 1.165) is 17.0 Å². The van der Waals surface area contributed by atoms with Crippen LogP contribution in [0.2, 0.25) is 10.8 Å². The molecule has 1 saturated heterocycles. The number of halogens is 3. The number of benzene rings is 2. The van der Waals surface area contributed by atoms with Crippen molar-refractivity contribution in [3.05, 3.63) is 69.7 Å². The fourth-order valence-corrected chi connectivity index (χ4v) is 4.31. The van der Waals surface area contributed by atoms with Gasteiger partial charge in [-0.1, -0.05) is 35.9 Å². The highest BCUT2D eigenvalue weighted by Gasteiger charge is 2.51. The number of carbonyl (C=O) groups is 4. The number of alkyl halides is 2. The molecule has 0 aromatic heterocycles. The Morgan fingerprint density at radius 1 is 1.19 bits per heavy atom. The summed E-state index contributed by atoms with van der Waals surface area (Å²) in [6.07, 6.45) is -0.273. The van der Waals surface area contributed by atoms with E-state index in [-0.39, 0.29) is 33.9 Å². The summed E-state index contributed by atoms with van der Waals surface area (Å²) in [7, 11) is 23.9. The third kappa shape index (κ3) is 4.13. The normalized spacial score (nSPS) is 22.7. The van der Waals surface area contributed by atoms with E-state index in [1.54, 1.807) is 0 Å². The Bertz CT molecular complexity index is 1280. The molecule has 2 heterocycles. The smallest absolute Gasteiger partial charge is 0.348 e. The fraction of sp³-hybridized carbons (Fsp3) is 0.273. The van der Waals surface area contributed by atoms with Gasteiger partial charge in [0.1, 0.15) is 15.7 Å². The number of rotatable bonds is 5. The van der Waals surface area contributed by atoms with Gasteiger partial charge in [-0.2, -0.15) is 8.78 Å². The second-order valence-electron chi connectivity index (χ2n) is 8.56. The molecule has 14 heteroatoms. The molecular weight excluding hydrogens is 487 g/mol. The minimum Gasteiger partial charge on any atom is -0.393 e. The van der Waals surface area contributed by atoms with E-state index in [2.05, 4.69) is 5.32 Å². The van der Waals surface area contributed by atoms with E-state index in [9.17, 15) is 28.0 Å². The number of nitrogens with zero attached hydrogens (tertiary/aromatic N) is 2. The van der Waals surface area contributed by atoms with Crippen LogP contribution in [0, 0.1) is 0 Å². The molecule has 0 bridgehead atoms. The van der Waals surface area contributed by atoms with Gasteiger partial charge in [0.2, 0.25) is 19.8 Å². The summed E-state index contributed by atoms with van der Waals surface area (Å²) in [4.78, 5) is 50.9. The average Bonchev–Trinajstić information content (AvgIpc) is 3.17. The molecule has 0 aliphatic carbocycles. The van der Waals surface area contributed by atoms with Crippen LogP contribution >= 0.6 is 11.6 Å². The second kappa shape index (κ2) is 9.10. The highest BCUT2D eigenvalue weighted by atomic mass is 35.5. The van der Waals surface area contributed by atoms with Gasteiger partial charge in [-0.05, 0) is 35.1 Å². The van der Waals surface area contributed by atoms with E-state index < -0.39 is 52.3 Å². The highest BCUT2D eigenvalue weighted by molar-refractivity contribution is 6.38. The number of carbonyl (C=O) groups excluding carboxylic acids is 4. The molecule has 1 N–H and O–H groups in total. The minimum absolute atomic E-state index is 0.143. The highest BCUT2D eigenvalue weighted by Crippen LogP contribution is 2.38. The maximum Gasteiger partial charge on any atom is 0.348 e. The summed E-state index contributed by atoms with van der Waals surface area (Å²) in [5.74, 6) is -10.6. The van der Waals surface area contributed by atoms with Crippen LogP contribution in [0.4, 0.5) is 8.78 Å². The molecule has 36 heavy (non-hydrogen) atoms. The molecule has 174 valence electrons. The minimum atomic E-state index is -3.99. The van der Waals surface area contributed by atoms with Crippen molar-refractivity contribution in [2.24, 2.45) is 0 Å². The summed E-state index contributed by atoms with van der Waals surface area (Å²) in [6.45, 7) is -0.181. The molecule has 8 radical (unpaired) electrons. The molecule has 7 nitrogen and oxygen atoms in total. The van der Waals surface area contributed by atoms with Crippen molar-refractivity contribution in [2.45, 2.75) is 36.1 Å². The zero-order valence-electron chi connectivity index (χ0n) is 18.6. The molecule has 2 aliphatic heterocycles. The number of piperidine rings is 1. The molecule has 0 spiro atoms. The molecule has 2 aromatic rings. The van der Waals surface area contributed by atoms with Gasteiger partial charge < -0.3 is 9.71 Å². The zero-order chi connectivity index (χ0) is 26.6. The maximum absolute atomic E-state index is 14.8. The predicted molar refractivity (Wildman–Crippen MR) is 129 cm³/mol. The van der Waals surface area contributed by atoms with Gasteiger partial charge in [0.15, 0.2) is 0 Å². The van der Waals surface area contributed by atoms with Crippen molar-refractivity contribution in [1.82, 2.24) is 15.0 Å². The maximum atomic E-state index is 14.8. The van der Waals surface area contributed by atoms with Crippen LogP contribution in [0.1, 0.15) is 39.4 Å². The van der Waals surface area contributed by atoms with Gasteiger partial charge in [-0.25, -0.2) is 0 Å². The predicted octanol–water partition coefficient (Wildman–Crippen LogP) is 1.04. The second-order valence-corrected chi connectivity index (χ2v) is 9.00. The molecular formula is C22H14B4ClF2N3O4. The molecule has 2 aliphatic rings. The quantitative estimate of drug-likeness (QED) is 0.491. The third-order valence-corrected chi connectivity index (χ3v) is 6.57. The van der Waals surface area contributed by atoms with Crippen LogP contribution < -0.4 is 5.32 Å². The molecule has 2 aromatic carbocycles. The Hall–Kier alpha value is -3.07. The Kier molecular flexibility index (Phi) is 6.58. The summed E-state index contributed by atoms with van der Waals surface area (Å²) in [6, 6.07) is 8.50. The number of fused-ring (bicyclic) bond motifs is 1. The van der Waals surface area contributed by atoms with Gasteiger partial charge in [0.05, 0.1) is 13.3 Å². The summed E-state index contributed by atoms with van der Waals surface area (Å²) in [5, 5.41) is 2.29. The van der Waals surface area contributed by atoms with Crippen molar-refractivity contribution in [2.75, 3.05) is 0 Å². The van der Waals surface area contributed by atoms with Crippen molar-refractivity contribution >= 4 is 66.7 Å². The van der Waals surface area contributed by atoms with Gasteiger partial charge in [-0.3, -0.25) is 24.5 Å². The lowest BCUT2D eigenvalue weighted by Crippen LogP contribution is -2.66. The van der Waals surface area contributed by atoms with Crippen molar-refractivity contribution in [3.63, 3.8) is 0 Å². The first-order valence-electron chi connectivity index (χ1n) is 10.6. The van der Waals surface area contributed by atoms with Gasteiger partial charge in [-0.15, -0.1) is 0 Å². The number of hydrogen-bond donors (Lipinski definition) is 1. The standard InChI is InChI=1S/C22H14B4ClF2N3O4/c23-15-8-16(33)30-19(35)21(15,25)31-9-11-7-10(1-6-14(11)18(31)34)17(24)32(26)20(36)22(28,29)12-2-4-13(27)5-3-12/h1-7,15,17H,8-9H2,(H,30,33,35)/t15?,17?,21-/m0/s1. The third-order valence-electron chi connectivity index (χ3n) is 6.32. The van der Waals surface area contributed by atoms with Crippen LogP contribution in [-0.4, -0.2) is 70.3 Å². The molecule has 0 saturated carbocycles. The number of hydrogen-bond acceptors (Lipinski definition) is 4. The first-order chi connectivity index (χ1) is 16.8. The van der Waals surface area contributed by atoms with Crippen molar-refractivity contribution < 1.29 is 28.0 Å². The lowest BCUT2D eigenvalue weighted by atomic mass is 9.56. The SMILES string of the molecule is [B]C(c1ccc2c(c1)CN([C@]1([B])C(=O)NC(=O)CC1[B])C2=O)N([B])C(=O)C(F)(F)c1ccc(Cl)cc1. The summed E-state index contributed by atoms with van der Waals surface area (Å²) >= 11 is 5.72. The fourth-order valence-electron chi connectivity index (χ4n) is 4.18. The van der Waals surface area contributed by atoms with E-state index in [1.807, 2.05) is 0 Å². The molecule has 1 fully saturated rings. The van der Waals surface area contributed by atoms with E-state index in [4.69, 9.17) is 43.1 Å². The zero-order valence-corrected chi connectivity index (χ0v) is 19.3. The van der Waals surface area contributed by atoms with Crippen LogP contribution in [0.5, 0.6) is 0 Å². The Morgan fingerprint density at radius 2 is 1.83 bits per heavy atom. The molecule has 3 atom stereocenters. The van der Waals surface area contributed by atoms with E-state index >= 15 is 0 Å². The molecule has 4 rings (SSSR count). The monoisotopic (exact) mass is 501 g/mol. The van der Waals surface area contributed by atoms with Crippen LogP contribution in [-0.2, 0) is 26.9 Å². The molecule has 2 unspecified atom stereocenters. The topological polar surface area (TPSA) is 86.8 Å². The lowest BCUT2D eigenvalue weighted by molar-refractivity contribution is -0.154. The van der Waals surface area contributed by atoms with Gasteiger partial charge >= 0.3 is 5.92 Å². The van der Waals surface area contributed by atoms with Crippen LogP contribution in [0.3, 0.4) is 0 Å². The van der Waals surface area contributed by atoms with E-state index in [1.165, 1.54) is 30.3 Å². The van der Waals surface area contributed by atoms with Crippen molar-refractivity contribution in [3.8, 4) is 0 Å². The van der Waals surface area contributed by atoms with Gasteiger partial charge in [0, 0.05) is 35.1 Å². The summed E-state index contributed by atoms with van der Waals surface area (Å²) < 4.78 is 29.5. The van der Waals surface area contributed by atoms with Gasteiger partial charge in [0.25, 0.3) is 11.8 Å². The Morgan fingerprint density at radius 3 is 2.44 bits per heavy atom. The largest absolute Gasteiger partial charge is 0.393 e. The van der Waals surface area contributed by atoms with Crippen LogP contribution in [0.25, 0.3) is 0 Å². The number of nitrogens with one attached hydrogen (secondary N) is 1. The molecule has 4 amide bonds. The first kappa shape index (κ1) is 26.0. The van der Waals surface area contributed by atoms with Crippen LogP contribution in [0.15, 0.2) is 42.5 Å². The van der Waals surface area contributed by atoms with E-state index in [0.29, 0.717) is 5.56 Å². The van der Waals surface area contributed by atoms with Crippen molar-refractivity contribution in [1.29, 1.82) is 0 Å². The first-order valence-corrected chi connectivity index (χ1v) is 11.0. The summed E-state index contributed by atoms with van der Waals surface area (Å²) in [5.41, 5.74) is -1.97.